The first-order valence-electron chi connectivity index (χ1n) is 19.8. The van der Waals surface area contributed by atoms with Crippen molar-refractivity contribution in [3.63, 3.8) is 0 Å². The van der Waals surface area contributed by atoms with E-state index in [0.717, 1.165) is 5.69 Å². The Kier molecular flexibility index (Phi) is 6.88. The normalized spacial score (nSPS) is 13.1. The maximum Gasteiger partial charge on any atom is 0.0714 e. The van der Waals surface area contributed by atoms with Crippen LogP contribution >= 0.6 is 0 Å². The summed E-state index contributed by atoms with van der Waals surface area (Å²) in [5.41, 5.74) is 16.8. The van der Waals surface area contributed by atoms with Gasteiger partial charge in [-0.05, 0) is 99.1 Å². The topological polar surface area (TPSA) is 9.86 Å². The Balaban J connectivity index is 1.07. The van der Waals surface area contributed by atoms with Gasteiger partial charge < -0.3 is 9.13 Å². The summed E-state index contributed by atoms with van der Waals surface area (Å²) >= 11 is 0. The van der Waals surface area contributed by atoms with Gasteiger partial charge in [-0.25, -0.2) is 0 Å². The van der Waals surface area contributed by atoms with E-state index in [4.69, 9.17) is 0 Å². The molecule has 1 aliphatic rings. The fourth-order valence-corrected chi connectivity index (χ4v) is 10.0. The molecule has 0 bridgehead atoms. The first-order valence-corrected chi connectivity index (χ1v) is 19.8. The highest BCUT2D eigenvalue weighted by Gasteiger charge is 2.46. The van der Waals surface area contributed by atoms with Crippen LogP contribution in [0.15, 0.2) is 218 Å². The fraction of sp³-hybridized carbons (Fsp3) is 0.0182. The average molecular weight is 725 g/mol. The predicted molar refractivity (Wildman–Crippen MR) is 238 cm³/mol. The Bertz CT molecular complexity index is 3290. The second-order valence-electron chi connectivity index (χ2n) is 15.3. The second kappa shape index (κ2) is 12.3. The van der Waals surface area contributed by atoms with Crippen molar-refractivity contribution in [2.24, 2.45) is 0 Å². The van der Waals surface area contributed by atoms with E-state index in [1.54, 1.807) is 0 Å². The van der Waals surface area contributed by atoms with Gasteiger partial charge in [-0.15, -0.1) is 0 Å². The monoisotopic (exact) mass is 724 g/mol. The molecule has 11 aromatic rings. The van der Waals surface area contributed by atoms with Crippen LogP contribution in [0.5, 0.6) is 0 Å². The molecule has 1 aliphatic carbocycles. The Morgan fingerprint density at radius 2 is 0.789 bits per heavy atom. The quantitative estimate of drug-likeness (QED) is 0.167. The molecular formula is C55H36N2. The number of rotatable bonds is 5. The molecule has 2 nitrogen and oxygen atoms in total. The smallest absolute Gasteiger partial charge is 0.0714 e. The standard InChI is InChI=1S/C55H36N2/c1-4-16-39(17-5-1)55(40-18-6-2-7-19-40)49-25-13-10-22-43(49)44-32-30-42(36-50(44)55)57-52-27-15-12-24-46(52)48-34-37(29-33-53(48)57)38-28-31-47-45-23-11-14-26-51(45)56(54(47)35-38)41-20-8-3-9-21-41/h1-36H. The van der Waals surface area contributed by atoms with Gasteiger partial charge in [0.15, 0.2) is 0 Å². The van der Waals surface area contributed by atoms with E-state index in [0.29, 0.717) is 0 Å². The third-order valence-electron chi connectivity index (χ3n) is 12.4. The van der Waals surface area contributed by atoms with Crippen LogP contribution < -0.4 is 0 Å². The lowest BCUT2D eigenvalue weighted by molar-refractivity contribution is 0.767. The Labute approximate surface area is 331 Å². The summed E-state index contributed by atoms with van der Waals surface area (Å²) in [6.07, 6.45) is 0. The van der Waals surface area contributed by atoms with Crippen LogP contribution in [0.1, 0.15) is 22.3 Å². The van der Waals surface area contributed by atoms with E-state index < -0.39 is 5.41 Å². The van der Waals surface area contributed by atoms with Gasteiger partial charge in [-0.2, -0.15) is 0 Å². The lowest BCUT2D eigenvalue weighted by Crippen LogP contribution is -2.28. The molecule has 2 heteroatoms. The van der Waals surface area contributed by atoms with E-state index >= 15 is 0 Å². The maximum absolute atomic E-state index is 2.47. The summed E-state index contributed by atoms with van der Waals surface area (Å²) in [4.78, 5) is 0. The van der Waals surface area contributed by atoms with Gasteiger partial charge in [0, 0.05) is 32.9 Å². The van der Waals surface area contributed by atoms with E-state index in [-0.39, 0.29) is 0 Å². The van der Waals surface area contributed by atoms with Crippen LogP contribution in [-0.4, -0.2) is 9.13 Å². The minimum atomic E-state index is -0.461. The van der Waals surface area contributed by atoms with Crippen molar-refractivity contribution in [3.8, 4) is 33.6 Å². The van der Waals surface area contributed by atoms with Gasteiger partial charge >= 0.3 is 0 Å². The van der Waals surface area contributed by atoms with Crippen molar-refractivity contribution in [3.05, 3.63) is 241 Å². The van der Waals surface area contributed by atoms with E-state index in [1.807, 2.05) is 0 Å². The first-order chi connectivity index (χ1) is 28.3. The van der Waals surface area contributed by atoms with Crippen molar-refractivity contribution in [1.29, 1.82) is 0 Å². The zero-order chi connectivity index (χ0) is 37.5. The summed E-state index contributed by atoms with van der Waals surface area (Å²) < 4.78 is 4.87. The fourth-order valence-electron chi connectivity index (χ4n) is 10.0. The molecule has 2 aromatic heterocycles. The number of benzene rings is 9. The summed E-state index contributed by atoms with van der Waals surface area (Å²) in [6.45, 7) is 0. The van der Waals surface area contributed by atoms with E-state index in [1.165, 1.54) is 93.8 Å². The zero-order valence-electron chi connectivity index (χ0n) is 31.2. The molecule has 0 amide bonds. The molecule has 0 aliphatic heterocycles. The molecular weight excluding hydrogens is 689 g/mol. The van der Waals surface area contributed by atoms with Gasteiger partial charge in [0.1, 0.15) is 0 Å². The molecule has 2 heterocycles. The van der Waals surface area contributed by atoms with Gasteiger partial charge in [0.2, 0.25) is 0 Å². The van der Waals surface area contributed by atoms with Crippen LogP contribution in [0.2, 0.25) is 0 Å². The number of hydrogen-bond acceptors (Lipinski definition) is 0. The largest absolute Gasteiger partial charge is 0.309 e. The Morgan fingerprint density at radius 1 is 0.281 bits per heavy atom. The number of aromatic nitrogens is 2. The molecule has 0 fully saturated rings. The maximum atomic E-state index is 2.47. The number of para-hydroxylation sites is 3. The first kappa shape index (κ1) is 31.9. The van der Waals surface area contributed by atoms with Crippen LogP contribution in [0, 0.1) is 0 Å². The third-order valence-corrected chi connectivity index (χ3v) is 12.4. The molecule has 57 heavy (non-hydrogen) atoms. The molecule has 9 aromatic carbocycles. The molecule has 0 saturated carbocycles. The lowest BCUT2D eigenvalue weighted by Gasteiger charge is -2.34. The number of nitrogens with zero attached hydrogens (tertiary/aromatic N) is 2. The van der Waals surface area contributed by atoms with Crippen molar-refractivity contribution in [2.75, 3.05) is 0 Å². The molecule has 266 valence electrons. The minimum absolute atomic E-state index is 0.461. The van der Waals surface area contributed by atoms with E-state index in [9.17, 15) is 0 Å². The molecule has 0 saturated heterocycles. The Hall–Kier alpha value is -7.42. The van der Waals surface area contributed by atoms with Crippen molar-refractivity contribution in [1.82, 2.24) is 9.13 Å². The molecule has 0 radical (unpaired) electrons. The second-order valence-corrected chi connectivity index (χ2v) is 15.3. The average Bonchev–Trinajstić information content (AvgIpc) is 3.91. The predicted octanol–water partition coefficient (Wildman–Crippen LogP) is 13.9. The molecule has 0 spiro atoms. The highest BCUT2D eigenvalue weighted by atomic mass is 15.0. The molecule has 0 unspecified atom stereocenters. The minimum Gasteiger partial charge on any atom is -0.309 e. The van der Waals surface area contributed by atoms with Crippen molar-refractivity contribution >= 4 is 43.6 Å². The number of hydrogen-bond donors (Lipinski definition) is 0. The molecule has 0 atom stereocenters. The van der Waals surface area contributed by atoms with Crippen LogP contribution in [0.25, 0.3) is 77.2 Å². The van der Waals surface area contributed by atoms with Gasteiger partial charge in [0.05, 0.1) is 27.5 Å². The highest BCUT2D eigenvalue weighted by molar-refractivity contribution is 6.12. The summed E-state index contributed by atoms with van der Waals surface area (Å²) in [5, 5.41) is 5.02. The van der Waals surface area contributed by atoms with E-state index in [2.05, 4.69) is 228 Å². The molecule has 0 N–H and O–H groups in total. The van der Waals surface area contributed by atoms with Gasteiger partial charge in [-0.3, -0.25) is 0 Å². The summed E-state index contributed by atoms with van der Waals surface area (Å²) in [6, 6.07) is 80.5. The van der Waals surface area contributed by atoms with Crippen LogP contribution in [0.4, 0.5) is 0 Å². The number of fused-ring (bicyclic) bond motifs is 9. The van der Waals surface area contributed by atoms with Crippen LogP contribution in [-0.2, 0) is 5.41 Å². The third kappa shape index (κ3) is 4.53. The lowest BCUT2D eigenvalue weighted by atomic mass is 9.67. The SMILES string of the molecule is c1ccc(-n2c3ccccc3c3ccc(-c4ccc5c(c4)c4ccccc4n5-c4ccc5c(c4)C(c4ccccc4)(c4ccccc4)c4ccccc4-5)cc32)cc1. The van der Waals surface area contributed by atoms with Gasteiger partial charge in [-0.1, -0.05) is 164 Å². The highest BCUT2D eigenvalue weighted by Crippen LogP contribution is 2.56. The summed E-state index contributed by atoms with van der Waals surface area (Å²) in [7, 11) is 0. The zero-order valence-corrected chi connectivity index (χ0v) is 31.2. The Morgan fingerprint density at radius 3 is 1.51 bits per heavy atom. The van der Waals surface area contributed by atoms with Gasteiger partial charge in [0.25, 0.3) is 0 Å². The van der Waals surface area contributed by atoms with Crippen molar-refractivity contribution in [2.45, 2.75) is 5.41 Å². The summed E-state index contributed by atoms with van der Waals surface area (Å²) in [5.74, 6) is 0. The molecule has 12 rings (SSSR count). The van der Waals surface area contributed by atoms with Crippen LogP contribution in [0.3, 0.4) is 0 Å². The van der Waals surface area contributed by atoms with Crippen molar-refractivity contribution < 1.29 is 0 Å².